The highest BCUT2D eigenvalue weighted by atomic mass is 32.1. The highest BCUT2D eigenvalue weighted by molar-refractivity contribution is 7.12. The summed E-state index contributed by atoms with van der Waals surface area (Å²) in [5.74, 6) is -4.97. The van der Waals surface area contributed by atoms with Crippen molar-refractivity contribution in [1.29, 1.82) is 0 Å². The molecule has 2 aromatic heterocycles. The van der Waals surface area contributed by atoms with Crippen molar-refractivity contribution in [2.45, 2.75) is 37.5 Å². The normalized spacial score (nSPS) is 21.1. The van der Waals surface area contributed by atoms with E-state index in [2.05, 4.69) is 20.9 Å². The number of nitrogens with zero attached hydrogens (tertiary/aromatic N) is 3. The fourth-order valence-electron chi connectivity index (χ4n) is 4.20. The number of carbonyl (C=O) groups is 3. The van der Waals surface area contributed by atoms with Crippen molar-refractivity contribution < 1.29 is 55.7 Å². The number of ether oxygens (including phenoxy) is 1. The van der Waals surface area contributed by atoms with Crippen LogP contribution in [0.25, 0.3) is 0 Å². The van der Waals surface area contributed by atoms with Crippen LogP contribution in [0.2, 0.25) is 0 Å². The molecule has 2 aliphatic heterocycles. The van der Waals surface area contributed by atoms with E-state index in [4.69, 9.17) is 24.5 Å². The van der Waals surface area contributed by atoms with Crippen molar-refractivity contribution in [3.05, 3.63) is 52.5 Å². The number of amides is 1. The van der Waals surface area contributed by atoms with E-state index in [0.717, 1.165) is 37.5 Å². The molecular weight excluding hydrogens is 560 g/mol. The van der Waals surface area contributed by atoms with Crippen LogP contribution in [0.4, 0.5) is 26.3 Å². The van der Waals surface area contributed by atoms with Crippen LogP contribution in [-0.4, -0.2) is 94.1 Å². The number of carboxylic acids is 2. The van der Waals surface area contributed by atoms with Gasteiger partial charge in [-0.15, -0.1) is 11.3 Å². The van der Waals surface area contributed by atoms with Gasteiger partial charge in [0.25, 0.3) is 5.91 Å². The van der Waals surface area contributed by atoms with E-state index in [1.807, 2.05) is 29.8 Å². The van der Waals surface area contributed by atoms with Crippen LogP contribution in [0.5, 0.6) is 0 Å². The van der Waals surface area contributed by atoms with Crippen LogP contribution in [0.3, 0.4) is 0 Å². The molecular formula is C23H25F6N3O6S. The first-order chi connectivity index (χ1) is 18.1. The molecule has 39 heavy (non-hydrogen) atoms. The van der Waals surface area contributed by atoms with Gasteiger partial charge in [-0.2, -0.15) is 26.3 Å². The molecule has 2 saturated heterocycles. The van der Waals surface area contributed by atoms with Gasteiger partial charge in [0.1, 0.15) is 0 Å². The number of methoxy groups -OCH3 is 1. The van der Waals surface area contributed by atoms with Gasteiger partial charge in [-0.3, -0.25) is 14.7 Å². The zero-order chi connectivity index (χ0) is 29.4. The Morgan fingerprint density at radius 1 is 1.05 bits per heavy atom. The lowest BCUT2D eigenvalue weighted by Crippen LogP contribution is -2.53. The number of likely N-dealkylation sites (tertiary alicyclic amines) is 2. The lowest BCUT2D eigenvalue weighted by atomic mass is 9.89. The van der Waals surface area contributed by atoms with Gasteiger partial charge < -0.3 is 19.8 Å². The largest absolute Gasteiger partial charge is 0.490 e. The second kappa shape index (κ2) is 13.7. The predicted molar refractivity (Wildman–Crippen MR) is 125 cm³/mol. The quantitative estimate of drug-likeness (QED) is 0.521. The van der Waals surface area contributed by atoms with E-state index in [9.17, 15) is 31.1 Å². The Hall–Kier alpha value is -3.24. The molecule has 3 atom stereocenters. The van der Waals surface area contributed by atoms with Gasteiger partial charge in [0.2, 0.25) is 0 Å². The number of carboxylic acid groups (broad SMARTS) is 2. The van der Waals surface area contributed by atoms with Crippen LogP contribution < -0.4 is 0 Å². The number of hydrogen-bond donors (Lipinski definition) is 2. The zero-order valence-corrected chi connectivity index (χ0v) is 21.2. The molecule has 4 heterocycles. The zero-order valence-electron chi connectivity index (χ0n) is 20.4. The van der Waals surface area contributed by atoms with Gasteiger partial charge in [-0.05, 0) is 29.5 Å². The Labute approximate surface area is 222 Å². The minimum Gasteiger partial charge on any atom is -0.475 e. The smallest absolute Gasteiger partial charge is 0.475 e. The molecule has 2 aromatic rings. The van der Waals surface area contributed by atoms with Gasteiger partial charge >= 0.3 is 24.3 Å². The fourth-order valence-corrected chi connectivity index (χ4v) is 4.88. The number of aliphatic carboxylic acids is 2. The van der Waals surface area contributed by atoms with Gasteiger partial charge in [0.15, 0.2) is 0 Å². The van der Waals surface area contributed by atoms with Crippen LogP contribution in [0.1, 0.15) is 21.7 Å². The van der Waals surface area contributed by atoms with E-state index in [1.54, 1.807) is 13.3 Å². The summed E-state index contributed by atoms with van der Waals surface area (Å²) < 4.78 is 69.2. The third-order valence-corrected chi connectivity index (χ3v) is 6.71. The molecule has 1 amide bonds. The highest BCUT2D eigenvalue weighted by Crippen LogP contribution is 2.34. The summed E-state index contributed by atoms with van der Waals surface area (Å²) in [6.45, 7) is 3.51. The van der Waals surface area contributed by atoms with Gasteiger partial charge in [-0.1, -0.05) is 12.1 Å². The second-order valence-electron chi connectivity index (χ2n) is 8.43. The molecule has 2 fully saturated rings. The summed E-state index contributed by atoms with van der Waals surface area (Å²) in [7, 11) is 1.79. The lowest BCUT2D eigenvalue weighted by molar-refractivity contribution is -0.193. The molecule has 4 rings (SSSR count). The monoisotopic (exact) mass is 585 g/mol. The molecule has 9 nitrogen and oxygen atoms in total. The number of alkyl halides is 6. The summed E-state index contributed by atoms with van der Waals surface area (Å²) in [4.78, 5) is 40.3. The first-order valence-electron chi connectivity index (χ1n) is 11.2. The van der Waals surface area contributed by atoms with E-state index in [1.165, 1.54) is 16.9 Å². The standard InChI is InChI=1S/C19H23N3O2S.2C2HF3O2/c1-24-17-6-8-22(19(23)18-5-3-9-25-18)16-13-21(12-15(16)17)11-14-4-2-7-20-10-14;2*3-2(4,5)1(6)7/h2-5,7,9-10,15-17H,6,8,11-13H2,1H3;2*(H,6,7)/t15-,16+,17-;;/m0../s1. The Kier molecular flexibility index (Phi) is 11.2. The third kappa shape index (κ3) is 9.47. The maximum atomic E-state index is 12.9. The molecule has 2 N–H and O–H groups in total. The molecule has 0 saturated carbocycles. The molecule has 0 unspecified atom stereocenters. The van der Waals surface area contributed by atoms with E-state index in [-0.39, 0.29) is 18.1 Å². The summed E-state index contributed by atoms with van der Waals surface area (Å²) in [5, 5.41) is 16.2. The Morgan fingerprint density at radius 3 is 2.13 bits per heavy atom. The van der Waals surface area contributed by atoms with E-state index < -0.39 is 24.3 Å². The molecule has 16 heteroatoms. The average molecular weight is 586 g/mol. The number of fused-ring (bicyclic) bond motifs is 1. The van der Waals surface area contributed by atoms with Crippen molar-refractivity contribution in [2.24, 2.45) is 5.92 Å². The minimum atomic E-state index is -5.08. The van der Waals surface area contributed by atoms with Gasteiger partial charge in [0, 0.05) is 51.6 Å². The van der Waals surface area contributed by atoms with Crippen LogP contribution in [0.15, 0.2) is 42.0 Å². The first-order valence-corrected chi connectivity index (χ1v) is 12.1. The first kappa shape index (κ1) is 32.0. The molecule has 0 radical (unpaired) electrons. The van der Waals surface area contributed by atoms with Crippen LogP contribution in [-0.2, 0) is 20.9 Å². The number of hydrogen-bond acceptors (Lipinski definition) is 7. The summed E-state index contributed by atoms with van der Waals surface area (Å²) >= 11 is 1.52. The van der Waals surface area contributed by atoms with Crippen molar-refractivity contribution in [3.8, 4) is 0 Å². The Morgan fingerprint density at radius 2 is 1.67 bits per heavy atom. The van der Waals surface area contributed by atoms with E-state index >= 15 is 0 Å². The number of carbonyl (C=O) groups excluding carboxylic acids is 1. The SMILES string of the molecule is CO[C@H]1CCN(C(=O)c2cccs2)[C@@H]2CN(Cc3cccnc3)C[C@H]12.O=C(O)C(F)(F)F.O=C(O)C(F)(F)F. The van der Waals surface area contributed by atoms with Gasteiger partial charge in [-0.25, -0.2) is 9.59 Å². The molecule has 0 spiro atoms. The summed E-state index contributed by atoms with van der Waals surface area (Å²) in [6.07, 6.45) is -5.30. The summed E-state index contributed by atoms with van der Waals surface area (Å²) in [6, 6.07) is 8.18. The van der Waals surface area contributed by atoms with Gasteiger partial charge in [0.05, 0.1) is 17.0 Å². The maximum absolute atomic E-state index is 12.9. The number of rotatable bonds is 4. The number of aromatic nitrogens is 1. The number of halogens is 6. The molecule has 0 aromatic carbocycles. The summed E-state index contributed by atoms with van der Waals surface area (Å²) in [5.41, 5.74) is 1.21. The van der Waals surface area contributed by atoms with Crippen molar-refractivity contribution in [1.82, 2.24) is 14.8 Å². The molecule has 2 aliphatic rings. The van der Waals surface area contributed by atoms with Crippen molar-refractivity contribution in [3.63, 3.8) is 0 Å². The number of pyridine rings is 1. The number of piperidine rings is 1. The molecule has 216 valence electrons. The topological polar surface area (TPSA) is 120 Å². The predicted octanol–water partition coefficient (Wildman–Crippen LogP) is 3.77. The molecule has 0 bridgehead atoms. The number of thiophene rings is 1. The Balaban J connectivity index is 0.000000317. The minimum absolute atomic E-state index is 0.169. The van der Waals surface area contributed by atoms with E-state index in [0.29, 0.717) is 5.92 Å². The highest BCUT2D eigenvalue weighted by Gasteiger charge is 2.46. The average Bonchev–Trinajstić information content (AvgIpc) is 3.54. The third-order valence-electron chi connectivity index (χ3n) is 5.85. The molecule has 0 aliphatic carbocycles. The van der Waals surface area contributed by atoms with Crippen LogP contribution >= 0.6 is 11.3 Å². The lowest BCUT2D eigenvalue weighted by Gasteiger charge is -2.40. The maximum Gasteiger partial charge on any atom is 0.490 e. The Bertz CT molecular complexity index is 1060. The fraction of sp³-hybridized carbons (Fsp3) is 0.478. The second-order valence-corrected chi connectivity index (χ2v) is 9.38. The van der Waals surface area contributed by atoms with Crippen LogP contribution in [0, 0.1) is 5.92 Å². The van der Waals surface area contributed by atoms with Crippen molar-refractivity contribution >= 4 is 29.2 Å². The van der Waals surface area contributed by atoms with Crippen molar-refractivity contribution in [2.75, 3.05) is 26.7 Å².